The van der Waals surface area contributed by atoms with E-state index in [-0.39, 0.29) is 70.4 Å². The molecule has 20 heteroatoms. The van der Waals surface area contributed by atoms with Gasteiger partial charge in [-0.25, -0.2) is 14.4 Å². The summed E-state index contributed by atoms with van der Waals surface area (Å²) in [6.07, 6.45) is -0.687. The number of ether oxygens (including phenoxy) is 4. The molecule has 0 fully saturated rings. The molecule has 0 bridgehead atoms. The highest BCUT2D eigenvalue weighted by Gasteiger charge is 2.21. The van der Waals surface area contributed by atoms with Crippen LogP contribution < -0.4 is 47.7 Å². The molecule has 9 N–H and O–H groups in total. The molecule has 0 radical (unpaired) electrons. The molecule has 8 amide bonds. The number of nitrogens with two attached hydrogens (primary N) is 1. The van der Waals surface area contributed by atoms with E-state index in [1.807, 2.05) is 6.92 Å². The van der Waals surface area contributed by atoms with Crippen molar-refractivity contribution in [3.8, 4) is 5.75 Å². The molecule has 20 nitrogen and oxygen atoms in total. The molecule has 0 spiro atoms. The Morgan fingerprint density at radius 3 is 2.09 bits per heavy atom. The van der Waals surface area contributed by atoms with E-state index in [0.29, 0.717) is 29.8 Å². The third-order valence-electron chi connectivity index (χ3n) is 7.31. The smallest absolute Gasteiger partial charge is 0.445 e. The maximum Gasteiger partial charge on any atom is 0.513 e. The highest BCUT2D eigenvalue weighted by atomic mass is 16.7. The Labute approximate surface area is 323 Å². The number of rotatable bonds is 24. The number of carbonyl (C=O) groups is 8. The zero-order valence-electron chi connectivity index (χ0n) is 31.4. The minimum absolute atomic E-state index is 0.0199. The molecule has 1 atom stereocenters. The average molecular weight is 787 g/mol. The van der Waals surface area contributed by atoms with Gasteiger partial charge in [-0.05, 0) is 61.2 Å². The predicted molar refractivity (Wildman–Crippen MR) is 200 cm³/mol. The summed E-state index contributed by atoms with van der Waals surface area (Å²) in [7, 11) is 1.43. The molecule has 0 aliphatic heterocycles. The maximum absolute atomic E-state index is 13.0. The number of urea groups is 1. The second-order valence-electron chi connectivity index (χ2n) is 11.8. The number of alkyl carbamates (subject to hydrolysis) is 1. The Morgan fingerprint density at radius 1 is 0.732 bits per heavy atom. The first-order valence-corrected chi connectivity index (χ1v) is 17.8. The van der Waals surface area contributed by atoms with Crippen molar-refractivity contribution in [2.24, 2.45) is 5.73 Å². The molecular weight excluding hydrogens is 736 g/mol. The summed E-state index contributed by atoms with van der Waals surface area (Å²) >= 11 is 0. The van der Waals surface area contributed by atoms with Crippen molar-refractivity contribution in [2.45, 2.75) is 51.7 Å². The summed E-state index contributed by atoms with van der Waals surface area (Å²) in [6, 6.07) is 10.7. The fourth-order valence-corrected chi connectivity index (χ4v) is 4.44. The van der Waals surface area contributed by atoms with Crippen LogP contribution in [0.25, 0.3) is 0 Å². The number of benzene rings is 2. The first-order valence-electron chi connectivity index (χ1n) is 17.8. The first kappa shape index (κ1) is 45.7. The Balaban J connectivity index is 1.64. The number of hydrogen-bond donors (Lipinski definition) is 8. The van der Waals surface area contributed by atoms with Crippen LogP contribution >= 0.6 is 0 Å². The summed E-state index contributed by atoms with van der Waals surface area (Å²) in [5, 5.41) is 17.7. The molecular formula is C36H50N8O12. The molecule has 0 unspecified atom stereocenters. The van der Waals surface area contributed by atoms with E-state index in [1.54, 1.807) is 24.3 Å². The lowest BCUT2D eigenvalue weighted by Gasteiger charge is -2.19. The van der Waals surface area contributed by atoms with Crippen LogP contribution in [0.1, 0.15) is 54.9 Å². The van der Waals surface area contributed by atoms with Crippen LogP contribution in [0.2, 0.25) is 0 Å². The Kier molecular flexibility index (Phi) is 21.5. The van der Waals surface area contributed by atoms with Crippen molar-refractivity contribution in [3.63, 3.8) is 0 Å². The molecule has 2 rings (SSSR count). The number of hydrogen-bond acceptors (Lipinski definition) is 12. The zero-order valence-corrected chi connectivity index (χ0v) is 31.4. The van der Waals surface area contributed by atoms with E-state index < -0.39 is 54.5 Å². The van der Waals surface area contributed by atoms with E-state index in [4.69, 9.17) is 24.7 Å². The summed E-state index contributed by atoms with van der Waals surface area (Å²) in [6.45, 7) is 2.36. The summed E-state index contributed by atoms with van der Waals surface area (Å²) in [5.41, 5.74) is 6.60. The van der Waals surface area contributed by atoms with Gasteiger partial charge in [0.2, 0.25) is 23.6 Å². The van der Waals surface area contributed by atoms with Crippen LogP contribution in [0, 0.1) is 0 Å². The number of primary amides is 1. The molecule has 2 aromatic carbocycles. The Hall–Kier alpha value is -6.44. The highest BCUT2D eigenvalue weighted by Crippen LogP contribution is 2.14. The van der Waals surface area contributed by atoms with Gasteiger partial charge in [0.25, 0.3) is 5.91 Å². The number of anilines is 1. The third kappa shape index (κ3) is 20.1. The van der Waals surface area contributed by atoms with Gasteiger partial charge in [-0.3, -0.25) is 24.0 Å². The molecule has 0 aliphatic rings. The van der Waals surface area contributed by atoms with Crippen LogP contribution in [-0.2, 0) is 40.0 Å². The lowest BCUT2D eigenvalue weighted by Crippen LogP contribution is -2.47. The zero-order chi connectivity index (χ0) is 41.1. The van der Waals surface area contributed by atoms with Crippen LogP contribution in [0.5, 0.6) is 5.75 Å². The van der Waals surface area contributed by atoms with Gasteiger partial charge in [-0.2, -0.15) is 0 Å². The van der Waals surface area contributed by atoms with E-state index in [0.717, 1.165) is 6.42 Å². The van der Waals surface area contributed by atoms with Gasteiger partial charge < -0.3 is 61.9 Å². The summed E-state index contributed by atoms with van der Waals surface area (Å²) in [5.74, 6) is -2.25. The Morgan fingerprint density at radius 2 is 1.43 bits per heavy atom. The number of carbonyl (C=O) groups excluding carboxylic acids is 8. The minimum atomic E-state index is -1.03. The molecule has 0 aromatic heterocycles. The monoisotopic (exact) mass is 786 g/mol. The molecule has 0 saturated carbocycles. The fourth-order valence-electron chi connectivity index (χ4n) is 4.44. The number of amides is 8. The van der Waals surface area contributed by atoms with E-state index >= 15 is 0 Å². The van der Waals surface area contributed by atoms with Crippen LogP contribution in [0.4, 0.5) is 20.1 Å². The molecule has 2 aromatic rings. The van der Waals surface area contributed by atoms with Gasteiger partial charge in [-0.15, -0.1) is 0 Å². The second-order valence-corrected chi connectivity index (χ2v) is 11.8. The van der Waals surface area contributed by atoms with Gasteiger partial charge >= 0.3 is 18.3 Å². The van der Waals surface area contributed by atoms with Crippen molar-refractivity contribution < 1.29 is 57.3 Å². The van der Waals surface area contributed by atoms with Crippen LogP contribution in [0.15, 0.2) is 48.5 Å². The fraction of sp³-hybridized carbons (Fsp3) is 0.444. The van der Waals surface area contributed by atoms with Crippen molar-refractivity contribution >= 4 is 53.5 Å². The number of nitrogens with one attached hydrogen (secondary N) is 7. The normalized spacial score (nSPS) is 10.8. The average Bonchev–Trinajstić information content (AvgIpc) is 3.18. The standard InChI is InChI=1S/C36H50N8O12/c1-3-16-40-32(48)25-8-12-27(13-9-25)56-36(52)54-21-20-53-19-18-39-29(45)14-15-30(46)42-22-31(47)44-28(5-4-17-41-34(37)50)33(49)43-26-10-6-24(7-11-26)23-55-35(51)38-2/h6-13,28H,3-5,14-23H2,1-2H3,(H,38,51)(H,39,45)(H,40,48)(H,42,46)(H,43,49)(H,44,47)(H3,37,41,50)/t28-/m0/s1. The van der Waals surface area contributed by atoms with Gasteiger partial charge in [0.05, 0.1) is 19.8 Å². The van der Waals surface area contributed by atoms with Gasteiger partial charge in [0.1, 0.15) is 25.0 Å². The lowest BCUT2D eigenvalue weighted by molar-refractivity contribution is -0.129. The van der Waals surface area contributed by atoms with Crippen molar-refractivity contribution in [1.29, 1.82) is 0 Å². The topological polar surface area (TPSA) is 284 Å². The van der Waals surface area contributed by atoms with Gasteiger partial charge in [0, 0.05) is 50.8 Å². The first-order chi connectivity index (χ1) is 26.9. The molecule has 0 heterocycles. The van der Waals surface area contributed by atoms with E-state index in [9.17, 15) is 38.4 Å². The van der Waals surface area contributed by atoms with Crippen molar-refractivity contribution in [1.82, 2.24) is 31.9 Å². The quantitative estimate of drug-likeness (QED) is 0.0417. The maximum atomic E-state index is 13.0. The molecule has 0 aliphatic carbocycles. The SMILES string of the molecule is CCCNC(=O)c1ccc(OC(=O)OCCOCCNC(=O)CCC(=O)NCC(=O)N[C@@H](CCCNC(N)=O)C(=O)Nc2ccc(COC(=O)NC)cc2)cc1. The van der Waals surface area contributed by atoms with Crippen molar-refractivity contribution in [2.75, 3.05) is 58.4 Å². The van der Waals surface area contributed by atoms with Crippen LogP contribution in [0.3, 0.4) is 0 Å². The van der Waals surface area contributed by atoms with E-state index in [2.05, 4.69) is 37.2 Å². The Bertz CT molecular complexity index is 1610. The molecule has 306 valence electrons. The van der Waals surface area contributed by atoms with Crippen molar-refractivity contribution in [3.05, 3.63) is 59.7 Å². The van der Waals surface area contributed by atoms with Gasteiger partial charge in [-0.1, -0.05) is 19.1 Å². The van der Waals surface area contributed by atoms with Gasteiger partial charge in [0.15, 0.2) is 0 Å². The highest BCUT2D eigenvalue weighted by molar-refractivity contribution is 5.98. The summed E-state index contributed by atoms with van der Waals surface area (Å²) in [4.78, 5) is 96.2. The largest absolute Gasteiger partial charge is 0.513 e. The lowest BCUT2D eigenvalue weighted by atomic mass is 10.1. The third-order valence-corrected chi connectivity index (χ3v) is 7.31. The van der Waals surface area contributed by atoms with E-state index in [1.165, 1.54) is 31.3 Å². The second kappa shape index (κ2) is 26.4. The minimum Gasteiger partial charge on any atom is -0.445 e. The molecule has 0 saturated heterocycles. The predicted octanol–water partition coefficient (Wildman–Crippen LogP) is 0.799. The summed E-state index contributed by atoms with van der Waals surface area (Å²) < 4.78 is 20.3. The molecule has 56 heavy (non-hydrogen) atoms. The van der Waals surface area contributed by atoms with Crippen LogP contribution in [-0.4, -0.2) is 107 Å².